The van der Waals surface area contributed by atoms with Gasteiger partial charge in [-0.05, 0) is 38.1 Å². The molecule has 5 heteroatoms. The predicted octanol–water partition coefficient (Wildman–Crippen LogP) is 4.49. The van der Waals surface area contributed by atoms with Crippen molar-refractivity contribution >= 4 is 17.4 Å². The van der Waals surface area contributed by atoms with Gasteiger partial charge >= 0.3 is 0 Å². The third kappa shape index (κ3) is 3.87. The van der Waals surface area contributed by atoms with E-state index in [0.29, 0.717) is 16.3 Å². The van der Waals surface area contributed by atoms with E-state index in [-0.39, 0.29) is 6.10 Å². The average Bonchev–Trinajstić information content (AvgIpc) is 2.31. The van der Waals surface area contributed by atoms with E-state index in [2.05, 4.69) is 0 Å². The van der Waals surface area contributed by atoms with E-state index in [1.807, 2.05) is 13.8 Å². The van der Waals surface area contributed by atoms with Gasteiger partial charge in [0.15, 0.2) is 0 Å². The molecule has 106 valence electrons. The number of halogens is 2. The Balaban J connectivity index is 2.26. The van der Waals surface area contributed by atoms with Crippen LogP contribution in [0.15, 0.2) is 46.2 Å². The fourth-order valence-electron chi connectivity index (χ4n) is 1.68. The summed E-state index contributed by atoms with van der Waals surface area (Å²) in [4.78, 5) is 1.08. The van der Waals surface area contributed by atoms with Gasteiger partial charge in [-0.25, -0.2) is 8.78 Å². The molecule has 2 aromatic rings. The van der Waals surface area contributed by atoms with E-state index in [1.54, 1.807) is 18.2 Å². The van der Waals surface area contributed by atoms with E-state index >= 15 is 0 Å². The van der Waals surface area contributed by atoms with Gasteiger partial charge in [0.25, 0.3) is 0 Å². The van der Waals surface area contributed by atoms with Crippen molar-refractivity contribution in [3.8, 4) is 5.75 Å². The van der Waals surface area contributed by atoms with Crippen molar-refractivity contribution in [1.29, 1.82) is 0 Å². The van der Waals surface area contributed by atoms with Gasteiger partial charge in [0.1, 0.15) is 17.4 Å². The molecule has 0 aromatic heterocycles. The Morgan fingerprint density at radius 3 is 2.50 bits per heavy atom. The summed E-state index contributed by atoms with van der Waals surface area (Å²) in [5.74, 6) is -0.558. The third-order valence-corrected chi connectivity index (χ3v) is 3.42. The summed E-state index contributed by atoms with van der Waals surface area (Å²) in [6.45, 7) is 3.82. The first-order valence-electron chi connectivity index (χ1n) is 6.14. The number of hydrogen-bond donors (Lipinski definition) is 1. The minimum absolute atomic E-state index is 0.0252. The fourth-order valence-corrected chi connectivity index (χ4v) is 2.59. The molecule has 0 heterocycles. The molecule has 0 unspecified atom stereocenters. The van der Waals surface area contributed by atoms with E-state index in [1.165, 1.54) is 23.9 Å². The number of rotatable bonds is 4. The van der Waals surface area contributed by atoms with Crippen molar-refractivity contribution < 1.29 is 13.5 Å². The molecule has 0 aliphatic rings. The van der Waals surface area contributed by atoms with Crippen molar-refractivity contribution in [2.45, 2.75) is 29.7 Å². The first-order chi connectivity index (χ1) is 9.44. The van der Waals surface area contributed by atoms with Gasteiger partial charge < -0.3 is 10.5 Å². The molecule has 2 aromatic carbocycles. The zero-order chi connectivity index (χ0) is 14.7. The Morgan fingerprint density at radius 1 is 1.10 bits per heavy atom. The fraction of sp³-hybridized carbons (Fsp3) is 0.200. The number of ether oxygens (including phenoxy) is 1. The lowest BCUT2D eigenvalue weighted by Crippen LogP contribution is -2.05. The Labute approximate surface area is 120 Å². The number of nitrogens with two attached hydrogens (primary N) is 1. The molecule has 0 saturated carbocycles. The van der Waals surface area contributed by atoms with Crippen molar-refractivity contribution in [2.75, 3.05) is 5.73 Å². The Bertz CT molecular complexity index is 617. The van der Waals surface area contributed by atoms with Gasteiger partial charge in [-0.2, -0.15) is 0 Å². The van der Waals surface area contributed by atoms with Gasteiger partial charge in [0, 0.05) is 27.6 Å². The van der Waals surface area contributed by atoms with Crippen LogP contribution in [0.2, 0.25) is 0 Å². The topological polar surface area (TPSA) is 35.2 Å². The van der Waals surface area contributed by atoms with Gasteiger partial charge in [0.05, 0.1) is 6.10 Å². The van der Waals surface area contributed by atoms with E-state index in [4.69, 9.17) is 10.5 Å². The first kappa shape index (κ1) is 14.7. The van der Waals surface area contributed by atoms with Crippen LogP contribution in [-0.2, 0) is 0 Å². The van der Waals surface area contributed by atoms with E-state index in [9.17, 15) is 8.78 Å². The number of nitrogen functional groups attached to an aromatic ring is 1. The smallest absolute Gasteiger partial charge is 0.140 e. The molecular weight excluding hydrogens is 280 g/mol. The number of anilines is 1. The molecule has 0 radical (unpaired) electrons. The normalized spacial score (nSPS) is 10.8. The summed E-state index contributed by atoms with van der Waals surface area (Å²) in [6.07, 6.45) is 0.0252. The van der Waals surface area contributed by atoms with Crippen LogP contribution in [0, 0.1) is 11.6 Å². The molecular formula is C15H15F2NOS. The zero-order valence-electron chi connectivity index (χ0n) is 11.2. The van der Waals surface area contributed by atoms with Crippen molar-refractivity contribution in [2.24, 2.45) is 0 Å². The van der Waals surface area contributed by atoms with Gasteiger partial charge in [-0.1, -0.05) is 11.8 Å². The summed E-state index contributed by atoms with van der Waals surface area (Å²) in [6, 6.07) is 8.71. The monoisotopic (exact) mass is 295 g/mol. The molecule has 20 heavy (non-hydrogen) atoms. The van der Waals surface area contributed by atoms with Crippen LogP contribution in [0.25, 0.3) is 0 Å². The lowest BCUT2D eigenvalue weighted by atomic mass is 10.3. The molecule has 2 N–H and O–H groups in total. The minimum atomic E-state index is -0.594. The molecule has 0 aliphatic carbocycles. The highest BCUT2D eigenvalue weighted by Crippen LogP contribution is 2.34. The van der Waals surface area contributed by atoms with Crippen LogP contribution in [0.5, 0.6) is 5.75 Å². The second-order valence-corrected chi connectivity index (χ2v) is 5.70. The maximum absolute atomic E-state index is 13.6. The van der Waals surface area contributed by atoms with Crippen LogP contribution >= 0.6 is 11.8 Å². The SMILES string of the molecule is CC(C)Oc1cc(N)cc(Sc2ccc(F)cc2F)c1. The van der Waals surface area contributed by atoms with Crippen molar-refractivity contribution in [1.82, 2.24) is 0 Å². The lowest BCUT2D eigenvalue weighted by molar-refractivity contribution is 0.242. The van der Waals surface area contributed by atoms with E-state index in [0.717, 1.165) is 11.0 Å². The second kappa shape index (κ2) is 6.13. The van der Waals surface area contributed by atoms with Crippen LogP contribution in [0.1, 0.15) is 13.8 Å². The summed E-state index contributed by atoms with van der Waals surface area (Å²) in [7, 11) is 0. The van der Waals surface area contributed by atoms with Gasteiger partial charge in [-0.3, -0.25) is 0 Å². The standard InChI is InChI=1S/C15H15F2NOS/c1-9(2)19-12-6-11(18)7-13(8-12)20-15-4-3-10(16)5-14(15)17/h3-9H,18H2,1-2H3. The van der Waals surface area contributed by atoms with Crippen LogP contribution in [0.3, 0.4) is 0 Å². The summed E-state index contributed by atoms with van der Waals surface area (Å²) >= 11 is 1.18. The highest BCUT2D eigenvalue weighted by Gasteiger charge is 2.08. The van der Waals surface area contributed by atoms with Gasteiger partial charge in [-0.15, -0.1) is 0 Å². The molecule has 0 atom stereocenters. The molecule has 0 fully saturated rings. The maximum Gasteiger partial charge on any atom is 0.140 e. The van der Waals surface area contributed by atoms with Crippen molar-refractivity contribution in [3.63, 3.8) is 0 Å². The summed E-state index contributed by atoms with van der Waals surface area (Å²) < 4.78 is 32.1. The number of hydrogen-bond acceptors (Lipinski definition) is 3. The Hall–Kier alpha value is -1.75. The third-order valence-electron chi connectivity index (χ3n) is 2.40. The van der Waals surface area contributed by atoms with Crippen molar-refractivity contribution in [3.05, 3.63) is 48.0 Å². The minimum Gasteiger partial charge on any atom is -0.491 e. The van der Waals surface area contributed by atoms with E-state index < -0.39 is 11.6 Å². The molecule has 0 aliphatic heterocycles. The lowest BCUT2D eigenvalue weighted by Gasteiger charge is -2.12. The van der Waals surface area contributed by atoms with Crippen LogP contribution < -0.4 is 10.5 Å². The second-order valence-electron chi connectivity index (χ2n) is 4.58. The molecule has 2 rings (SSSR count). The Kier molecular flexibility index (Phi) is 4.49. The Morgan fingerprint density at radius 2 is 1.85 bits per heavy atom. The summed E-state index contributed by atoms with van der Waals surface area (Å²) in [5, 5.41) is 0. The zero-order valence-corrected chi connectivity index (χ0v) is 12.0. The molecule has 0 bridgehead atoms. The van der Waals surface area contributed by atoms with Crippen LogP contribution in [-0.4, -0.2) is 6.10 Å². The highest BCUT2D eigenvalue weighted by atomic mass is 32.2. The highest BCUT2D eigenvalue weighted by molar-refractivity contribution is 7.99. The summed E-state index contributed by atoms with van der Waals surface area (Å²) in [5.41, 5.74) is 6.34. The largest absolute Gasteiger partial charge is 0.491 e. The molecule has 0 amide bonds. The average molecular weight is 295 g/mol. The predicted molar refractivity (Wildman–Crippen MR) is 77.1 cm³/mol. The first-order valence-corrected chi connectivity index (χ1v) is 6.96. The van der Waals surface area contributed by atoms with Gasteiger partial charge in [0.2, 0.25) is 0 Å². The quantitative estimate of drug-likeness (QED) is 0.844. The molecule has 0 saturated heterocycles. The molecule has 2 nitrogen and oxygen atoms in total. The van der Waals surface area contributed by atoms with Crippen LogP contribution in [0.4, 0.5) is 14.5 Å². The maximum atomic E-state index is 13.6. The number of benzene rings is 2. The molecule has 0 spiro atoms.